The van der Waals surface area contributed by atoms with Crippen molar-refractivity contribution >= 4 is 39.1 Å². The second-order valence-corrected chi connectivity index (χ2v) is 13.0. The predicted molar refractivity (Wildman–Crippen MR) is 179 cm³/mol. The predicted octanol–water partition coefficient (Wildman–Crippen LogP) is 7.01. The SMILES string of the molecule is CN1CCC[C@H]1COc1nc(N2C[C@H]3CC[C@@H](C2)N3)c2cc(Oc3ccccc3Cl)c(-c3cc(O)cc4ccccc34)cc2n1. The highest BCUT2D eigenvalue weighted by Crippen LogP contribution is 2.44. The van der Waals surface area contributed by atoms with Crippen molar-refractivity contribution in [3.8, 4) is 34.4 Å². The minimum Gasteiger partial charge on any atom is -0.508 e. The lowest BCUT2D eigenvalue weighted by Crippen LogP contribution is -2.51. The molecule has 45 heavy (non-hydrogen) atoms. The molecular weight excluding hydrogens is 586 g/mol. The number of hydrogen-bond acceptors (Lipinski definition) is 8. The van der Waals surface area contributed by atoms with E-state index in [1.165, 1.54) is 6.42 Å². The van der Waals surface area contributed by atoms with Gasteiger partial charge in [0.15, 0.2) is 0 Å². The normalized spacial score (nSPS) is 21.6. The number of hydrogen-bond donors (Lipinski definition) is 2. The molecule has 3 aliphatic heterocycles. The fourth-order valence-corrected chi connectivity index (χ4v) is 7.39. The topological polar surface area (TPSA) is 83.0 Å². The molecule has 4 aromatic carbocycles. The van der Waals surface area contributed by atoms with Gasteiger partial charge in [-0.1, -0.05) is 48.0 Å². The Morgan fingerprint density at radius 2 is 1.69 bits per heavy atom. The lowest BCUT2D eigenvalue weighted by molar-refractivity contribution is 0.188. The van der Waals surface area contributed by atoms with Crippen LogP contribution in [0.3, 0.4) is 0 Å². The van der Waals surface area contributed by atoms with E-state index in [0.29, 0.717) is 47.3 Å². The first-order valence-corrected chi connectivity index (χ1v) is 16.2. The molecule has 2 bridgehead atoms. The van der Waals surface area contributed by atoms with Gasteiger partial charge in [-0.25, -0.2) is 0 Å². The standard InChI is InChI=1S/C36H36ClN5O3/c1-41-14-6-8-25(41)21-44-36-39-32-17-29(28-16-26(43)15-22-7-2-3-9-27(22)28)34(45-33-11-5-4-10-31(33)37)18-30(32)35(40-36)42-19-23-12-13-24(20-42)38-23/h2-5,7,9-11,15-18,23-25,38,43H,6,8,12-14,19-21H2,1H3/t23-,24+,25-/m0/s1. The molecule has 1 aromatic heterocycles. The second kappa shape index (κ2) is 11.7. The first-order valence-electron chi connectivity index (χ1n) is 15.8. The number of aromatic nitrogens is 2. The van der Waals surface area contributed by atoms with E-state index in [-0.39, 0.29) is 5.75 Å². The molecule has 0 amide bonds. The van der Waals surface area contributed by atoms with Gasteiger partial charge in [-0.2, -0.15) is 9.97 Å². The van der Waals surface area contributed by atoms with Crippen LogP contribution >= 0.6 is 11.6 Å². The number of aromatic hydroxyl groups is 1. The van der Waals surface area contributed by atoms with Crippen molar-refractivity contribution < 1.29 is 14.6 Å². The number of likely N-dealkylation sites (tertiary alicyclic amines) is 1. The van der Waals surface area contributed by atoms with Crippen LogP contribution in [-0.2, 0) is 0 Å². The zero-order chi connectivity index (χ0) is 30.5. The molecule has 3 aliphatic rings. The van der Waals surface area contributed by atoms with E-state index < -0.39 is 0 Å². The van der Waals surface area contributed by atoms with Crippen molar-refractivity contribution in [1.29, 1.82) is 0 Å². The highest BCUT2D eigenvalue weighted by molar-refractivity contribution is 6.32. The summed E-state index contributed by atoms with van der Waals surface area (Å²) in [6.07, 6.45) is 4.61. The molecule has 5 aromatic rings. The zero-order valence-electron chi connectivity index (χ0n) is 25.2. The second-order valence-electron chi connectivity index (χ2n) is 12.6. The third-order valence-electron chi connectivity index (χ3n) is 9.54. The van der Waals surface area contributed by atoms with Crippen LogP contribution in [0.5, 0.6) is 23.3 Å². The summed E-state index contributed by atoms with van der Waals surface area (Å²) in [5.41, 5.74) is 2.39. The highest BCUT2D eigenvalue weighted by Gasteiger charge is 2.34. The minimum atomic E-state index is 0.178. The summed E-state index contributed by atoms with van der Waals surface area (Å²) in [4.78, 5) is 14.8. The Kier molecular flexibility index (Phi) is 7.36. The summed E-state index contributed by atoms with van der Waals surface area (Å²) in [7, 11) is 2.15. The fourth-order valence-electron chi connectivity index (χ4n) is 7.21. The first kappa shape index (κ1) is 28.4. The molecule has 230 valence electrons. The largest absolute Gasteiger partial charge is 0.508 e. The molecule has 3 saturated heterocycles. The molecule has 0 saturated carbocycles. The van der Waals surface area contributed by atoms with Gasteiger partial charge in [0.2, 0.25) is 0 Å². The van der Waals surface area contributed by atoms with Gasteiger partial charge in [-0.15, -0.1) is 0 Å². The number of phenolic OH excluding ortho intramolecular Hbond substituents is 1. The number of anilines is 1. The molecule has 8 rings (SSSR count). The molecule has 3 fully saturated rings. The first-order chi connectivity index (χ1) is 22.0. The molecule has 0 radical (unpaired) electrons. The molecule has 0 aliphatic carbocycles. The number of ether oxygens (including phenoxy) is 2. The Morgan fingerprint density at radius 3 is 2.49 bits per heavy atom. The number of fused-ring (bicyclic) bond motifs is 4. The van der Waals surface area contributed by atoms with E-state index in [1.54, 1.807) is 12.1 Å². The van der Waals surface area contributed by atoms with Crippen molar-refractivity contribution in [2.75, 3.05) is 38.2 Å². The van der Waals surface area contributed by atoms with Gasteiger partial charge < -0.3 is 29.7 Å². The summed E-state index contributed by atoms with van der Waals surface area (Å²) in [6.45, 7) is 3.36. The smallest absolute Gasteiger partial charge is 0.319 e. The van der Waals surface area contributed by atoms with Crippen molar-refractivity contribution in [1.82, 2.24) is 20.2 Å². The van der Waals surface area contributed by atoms with Crippen LogP contribution in [0, 0.1) is 0 Å². The molecule has 0 spiro atoms. The van der Waals surface area contributed by atoms with Gasteiger partial charge in [-0.3, -0.25) is 0 Å². The summed E-state index contributed by atoms with van der Waals surface area (Å²) >= 11 is 6.60. The number of benzene rings is 4. The van der Waals surface area contributed by atoms with E-state index in [9.17, 15) is 5.11 Å². The van der Waals surface area contributed by atoms with E-state index in [4.69, 9.17) is 31.0 Å². The zero-order valence-corrected chi connectivity index (χ0v) is 26.0. The van der Waals surface area contributed by atoms with Crippen LogP contribution in [0.2, 0.25) is 5.02 Å². The third kappa shape index (κ3) is 5.52. The summed E-state index contributed by atoms with van der Waals surface area (Å²) in [5.74, 6) is 2.18. The average Bonchev–Trinajstić information content (AvgIpc) is 3.62. The van der Waals surface area contributed by atoms with Crippen LogP contribution < -0.4 is 19.7 Å². The van der Waals surface area contributed by atoms with Crippen molar-refractivity contribution in [3.05, 3.63) is 77.8 Å². The van der Waals surface area contributed by atoms with Crippen molar-refractivity contribution in [2.45, 2.75) is 43.8 Å². The molecule has 2 N–H and O–H groups in total. The van der Waals surface area contributed by atoms with Crippen LogP contribution in [0.4, 0.5) is 5.82 Å². The summed E-state index contributed by atoms with van der Waals surface area (Å²) in [6, 6.07) is 24.7. The number of halogens is 1. The number of nitrogens with one attached hydrogen (secondary N) is 1. The molecular formula is C36H36ClN5O3. The van der Waals surface area contributed by atoms with Crippen molar-refractivity contribution in [3.63, 3.8) is 0 Å². The van der Waals surface area contributed by atoms with E-state index >= 15 is 0 Å². The summed E-state index contributed by atoms with van der Waals surface area (Å²) < 4.78 is 13.0. The third-order valence-corrected chi connectivity index (χ3v) is 9.85. The molecule has 3 atom stereocenters. The fraction of sp³-hybridized carbons (Fsp3) is 0.333. The average molecular weight is 622 g/mol. The number of para-hydroxylation sites is 1. The Labute approximate surface area is 267 Å². The quantitative estimate of drug-likeness (QED) is 0.201. The number of rotatable bonds is 7. The molecule has 4 heterocycles. The maximum Gasteiger partial charge on any atom is 0.319 e. The van der Waals surface area contributed by atoms with Crippen molar-refractivity contribution in [2.24, 2.45) is 0 Å². The Hall–Kier alpha value is -4.11. The lowest BCUT2D eigenvalue weighted by Gasteiger charge is -2.34. The Balaban J connectivity index is 1.32. The van der Waals surface area contributed by atoms with Gasteiger partial charge in [0, 0.05) is 42.2 Å². The maximum absolute atomic E-state index is 10.8. The van der Waals surface area contributed by atoms with Gasteiger partial charge >= 0.3 is 6.01 Å². The number of likely N-dealkylation sites (N-methyl/N-ethyl adjacent to an activating group) is 1. The van der Waals surface area contributed by atoms with E-state index in [0.717, 1.165) is 77.5 Å². The minimum absolute atomic E-state index is 0.178. The maximum atomic E-state index is 10.8. The Morgan fingerprint density at radius 1 is 0.889 bits per heavy atom. The van der Waals surface area contributed by atoms with Gasteiger partial charge in [0.05, 0.1) is 10.5 Å². The Bertz CT molecular complexity index is 1890. The van der Waals surface area contributed by atoms with E-state index in [1.807, 2.05) is 54.6 Å². The number of nitrogens with zero attached hydrogens (tertiary/aromatic N) is 4. The highest BCUT2D eigenvalue weighted by atomic mass is 35.5. The molecule has 0 unspecified atom stereocenters. The molecule has 9 heteroatoms. The van der Waals surface area contributed by atoms with Crippen LogP contribution in [0.1, 0.15) is 25.7 Å². The number of phenols is 1. The van der Waals surface area contributed by atoms with Crippen LogP contribution in [0.15, 0.2) is 72.8 Å². The monoisotopic (exact) mass is 621 g/mol. The number of piperazine rings is 1. The van der Waals surface area contributed by atoms with E-state index in [2.05, 4.69) is 28.2 Å². The van der Waals surface area contributed by atoms with Gasteiger partial charge in [0.1, 0.15) is 29.7 Å². The summed E-state index contributed by atoms with van der Waals surface area (Å²) in [5, 5.41) is 17.9. The lowest BCUT2D eigenvalue weighted by atomic mass is 9.96. The van der Waals surface area contributed by atoms with Crippen LogP contribution in [-0.4, -0.2) is 71.4 Å². The van der Waals surface area contributed by atoms with Crippen LogP contribution in [0.25, 0.3) is 32.8 Å². The van der Waals surface area contributed by atoms with Gasteiger partial charge in [-0.05, 0) is 92.0 Å². The molecule has 8 nitrogen and oxygen atoms in total. The van der Waals surface area contributed by atoms with Gasteiger partial charge in [0.25, 0.3) is 0 Å².